The highest BCUT2D eigenvalue weighted by atomic mass is 16.5. The number of methoxy groups -OCH3 is 1. The van der Waals surface area contributed by atoms with Crippen LogP contribution in [0.25, 0.3) is 0 Å². The second-order valence-corrected chi connectivity index (χ2v) is 4.60. The van der Waals surface area contributed by atoms with Crippen molar-refractivity contribution in [1.29, 1.82) is 0 Å². The van der Waals surface area contributed by atoms with Gasteiger partial charge >= 0.3 is 12.0 Å². The third kappa shape index (κ3) is 6.93. The number of carbonyl (C=O) groups excluding carboxylic acids is 2. The number of carbonyl (C=O) groups is 3. The summed E-state index contributed by atoms with van der Waals surface area (Å²) in [7, 11) is 4.52. The van der Waals surface area contributed by atoms with Crippen LogP contribution in [0.1, 0.15) is 6.92 Å². The van der Waals surface area contributed by atoms with Gasteiger partial charge in [-0.1, -0.05) is 6.92 Å². The third-order valence-corrected chi connectivity index (χ3v) is 2.63. The molecule has 0 fully saturated rings. The molecule has 116 valence electrons. The predicted molar refractivity (Wildman–Crippen MR) is 72.3 cm³/mol. The van der Waals surface area contributed by atoms with Crippen LogP contribution in [0.15, 0.2) is 0 Å². The van der Waals surface area contributed by atoms with E-state index in [1.807, 2.05) is 0 Å². The summed E-state index contributed by atoms with van der Waals surface area (Å²) < 4.78 is 4.79. The maximum atomic E-state index is 11.9. The largest absolute Gasteiger partial charge is 0.481 e. The van der Waals surface area contributed by atoms with E-state index in [1.54, 1.807) is 0 Å². The molecule has 0 spiro atoms. The number of ether oxygens (including phenoxy) is 1. The van der Waals surface area contributed by atoms with Crippen LogP contribution in [0.4, 0.5) is 4.79 Å². The van der Waals surface area contributed by atoms with Crippen LogP contribution in [0.2, 0.25) is 0 Å². The van der Waals surface area contributed by atoms with Gasteiger partial charge in [0.25, 0.3) is 0 Å². The van der Waals surface area contributed by atoms with E-state index in [0.29, 0.717) is 13.2 Å². The molecule has 8 nitrogen and oxygen atoms in total. The number of nitrogens with one attached hydrogen (secondary N) is 1. The summed E-state index contributed by atoms with van der Waals surface area (Å²) in [5.41, 5.74) is 0. The van der Waals surface area contributed by atoms with Crippen molar-refractivity contribution in [1.82, 2.24) is 15.1 Å². The molecular formula is C12H23N3O5. The molecule has 20 heavy (non-hydrogen) atoms. The Balaban J connectivity index is 4.19. The van der Waals surface area contributed by atoms with Crippen molar-refractivity contribution >= 4 is 17.9 Å². The fraction of sp³-hybridized carbons (Fsp3) is 0.750. The second kappa shape index (κ2) is 9.13. The molecule has 8 heteroatoms. The second-order valence-electron chi connectivity index (χ2n) is 4.60. The zero-order valence-electron chi connectivity index (χ0n) is 12.4. The van der Waals surface area contributed by atoms with Crippen molar-refractivity contribution in [2.24, 2.45) is 5.92 Å². The van der Waals surface area contributed by atoms with E-state index < -0.39 is 17.9 Å². The van der Waals surface area contributed by atoms with Gasteiger partial charge in [0.1, 0.15) is 6.54 Å². The van der Waals surface area contributed by atoms with E-state index in [2.05, 4.69) is 5.32 Å². The van der Waals surface area contributed by atoms with Crippen molar-refractivity contribution in [3.63, 3.8) is 0 Å². The molecule has 2 N–H and O–H groups in total. The molecule has 0 rings (SSSR count). The molecule has 0 aliphatic rings. The highest BCUT2D eigenvalue weighted by Crippen LogP contribution is 2.01. The Kier molecular flexibility index (Phi) is 8.30. The number of hydrogen-bond donors (Lipinski definition) is 2. The molecule has 0 aliphatic carbocycles. The Morgan fingerprint density at radius 3 is 2.35 bits per heavy atom. The minimum absolute atomic E-state index is 0.0871. The minimum atomic E-state index is -0.968. The summed E-state index contributed by atoms with van der Waals surface area (Å²) >= 11 is 0. The molecule has 0 aromatic rings. The van der Waals surface area contributed by atoms with Crippen LogP contribution < -0.4 is 5.32 Å². The molecule has 0 saturated heterocycles. The SMILES string of the molecule is COCCNC(=O)CN(C)C(=O)N(C)CC(C)C(=O)O. The molecule has 1 atom stereocenters. The van der Waals surface area contributed by atoms with Crippen molar-refractivity contribution in [3.05, 3.63) is 0 Å². The molecular weight excluding hydrogens is 266 g/mol. The molecule has 3 amide bonds. The molecule has 0 saturated carbocycles. The Bertz CT molecular complexity index is 348. The molecule has 0 aromatic carbocycles. The van der Waals surface area contributed by atoms with E-state index in [-0.39, 0.29) is 19.0 Å². The number of urea groups is 1. The van der Waals surface area contributed by atoms with E-state index in [1.165, 1.54) is 37.9 Å². The van der Waals surface area contributed by atoms with Gasteiger partial charge in [-0.2, -0.15) is 0 Å². The van der Waals surface area contributed by atoms with Crippen molar-refractivity contribution in [2.45, 2.75) is 6.92 Å². The predicted octanol–water partition coefficient (Wildman–Crippen LogP) is -0.547. The maximum Gasteiger partial charge on any atom is 0.319 e. The third-order valence-electron chi connectivity index (χ3n) is 2.63. The molecule has 0 radical (unpaired) electrons. The lowest BCUT2D eigenvalue weighted by Crippen LogP contribution is -2.46. The van der Waals surface area contributed by atoms with Crippen molar-refractivity contribution < 1.29 is 24.2 Å². The number of nitrogens with zero attached hydrogens (tertiary/aromatic N) is 2. The lowest BCUT2D eigenvalue weighted by atomic mass is 10.2. The first-order chi connectivity index (χ1) is 9.29. The van der Waals surface area contributed by atoms with Gasteiger partial charge in [0.2, 0.25) is 5.91 Å². The minimum Gasteiger partial charge on any atom is -0.481 e. The number of likely N-dealkylation sites (N-methyl/N-ethyl adjacent to an activating group) is 1. The van der Waals surface area contributed by atoms with Crippen LogP contribution >= 0.6 is 0 Å². The molecule has 0 aromatic heterocycles. The number of rotatable bonds is 8. The summed E-state index contributed by atoms with van der Waals surface area (Å²) in [4.78, 5) is 36.7. The lowest BCUT2D eigenvalue weighted by molar-refractivity contribution is -0.141. The number of carboxylic acids is 1. The monoisotopic (exact) mass is 289 g/mol. The zero-order valence-corrected chi connectivity index (χ0v) is 12.4. The van der Waals surface area contributed by atoms with Gasteiger partial charge in [0.05, 0.1) is 12.5 Å². The Morgan fingerprint density at radius 1 is 1.25 bits per heavy atom. The molecule has 1 unspecified atom stereocenters. The van der Waals surface area contributed by atoms with E-state index in [0.717, 1.165) is 0 Å². The van der Waals surface area contributed by atoms with Gasteiger partial charge in [-0.3, -0.25) is 9.59 Å². The van der Waals surface area contributed by atoms with Gasteiger partial charge in [-0.25, -0.2) is 4.79 Å². The average molecular weight is 289 g/mol. The normalized spacial score (nSPS) is 11.6. The highest BCUT2D eigenvalue weighted by Gasteiger charge is 2.21. The fourth-order valence-corrected chi connectivity index (χ4v) is 1.49. The number of carboxylic acid groups (broad SMARTS) is 1. The lowest BCUT2D eigenvalue weighted by Gasteiger charge is -2.25. The van der Waals surface area contributed by atoms with Crippen LogP contribution in [-0.4, -0.2) is 80.3 Å². The Labute approximate surface area is 118 Å². The van der Waals surface area contributed by atoms with Crippen LogP contribution in [0.5, 0.6) is 0 Å². The van der Waals surface area contributed by atoms with E-state index >= 15 is 0 Å². The first-order valence-electron chi connectivity index (χ1n) is 6.24. The fourth-order valence-electron chi connectivity index (χ4n) is 1.49. The van der Waals surface area contributed by atoms with Gasteiger partial charge < -0.3 is 25.0 Å². The van der Waals surface area contributed by atoms with E-state index in [4.69, 9.17) is 9.84 Å². The summed E-state index contributed by atoms with van der Waals surface area (Å²) in [5, 5.41) is 11.4. The standard InChI is InChI=1S/C12H23N3O5/c1-9(11(17)18)7-14(2)12(19)15(3)8-10(16)13-5-6-20-4/h9H,5-8H2,1-4H3,(H,13,16)(H,17,18). The molecule has 0 heterocycles. The molecule has 0 aliphatic heterocycles. The summed E-state index contributed by atoms with van der Waals surface area (Å²) in [6.45, 7) is 2.30. The van der Waals surface area contributed by atoms with Crippen molar-refractivity contribution in [3.8, 4) is 0 Å². The average Bonchev–Trinajstić information content (AvgIpc) is 2.37. The topological polar surface area (TPSA) is 99.2 Å². The van der Waals surface area contributed by atoms with Crippen molar-refractivity contribution in [2.75, 3.05) is 47.4 Å². The van der Waals surface area contributed by atoms with Gasteiger partial charge in [0, 0.05) is 34.3 Å². The number of hydrogen-bond acceptors (Lipinski definition) is 4. The highest BCUT2D eigenvalue weighted by molar-refractivity contribution is 5.84. The van der Waals surface area contributed by atoms with Crippen LogP contribution in [-0.2, 0) is 14.3 Å². The summed E-state index contributed by atoms with van der Waals surface area (Å²) in [6, 6.07) is -0.403. The number of amides is 3. The van der Waals surface area contributed by atoms with Gasteiger partial charge in [-0.15, -0.1) is 0 Å². The van der Waals surface area contributed by atoms with Gasteiger partial charge in [0.15, 0.2) is 0 Å². The van der Waals surface area contributed by atoms with E-state index in [9.17, 15) is 14.4 Å². The quantitative estimate of drug-likeness (QED) is 0.584. The smallest absolute Gasteiger partial charge is 0.319 e. The summed E-state index contributed by atoms with van der Waals surface area (Å²) in [6.07, 6.45) is 0. The Hall–Kier alpha value is -1.83. The summed E-state index contributed by atoms with van der Waals surface area (Å²) in [5.74, 6) is -1.92. The van der Waals surface area contributed by atoms with Crippen LogP contribution in [0, 0.1) is 5.92 Å². The maximum absolute atomic E-state index is 11.9. The first kappa shape index (κ1) is 18.2. The zero-order chi connectivity index (χ0) is 15.7. The molecule has 0 bridgehead atoms. The number of aliphatic carboxylic acids is 1. The van der Waals surface area contributed by atoms with Gasteiger partial charge in [-0.05, 0) is 0 Å². The Morgan fingerprint density at radius 2 is 1.85 bits per heavy atom. The van der Waals surface area contributed by atoms with Crippen LogP contribution in [0.3, 0.4) is 0 Å². The first-order valence-corrected chi connectivity index (χ1v) is 6.24.